The third-order valence-corrected chi connectivity index (χ3v) is 4.41. The van der Waals surface area contributed by atoms with Crippen LogP contribution in [0.4, 0.5) is 18.9 Å². The summed E-state index contributed by atoms with van der Waals surface area (Å²) in [6, 6.07) is 5.25. The lowest BCUT2D eigenvalue weighted by Crippen LogP contribution is -2.38. The fraction of sp³-hybridized carbons (Fsp3) is 0.611. The van der Waals surface area contributed by atoms with E-state index in [-0.39, 0.29) is 18.1 Å². The maximum atomic E-state index is 12.6. The van der Waals surface area contributed by atoms with Crippen LogP contribution in [-0.4, -0.2) is 29.7 Å². The maximum Gasteiger partial charge on any atom is 0.416 e. The van der Waals surface area contributed by atoms with E-state index < -0.39 is 11.7 Å². The van der Waals surface area contributed by atoms with Gasteiger partial charge in [-0.05, 0) is 56.7 Å². The number of rotatable bonds is 7. The van der Waals surface area contributed by atoms with Crippen LogP contribution in [0.5, 0.6) is 0 Å². The molecule has 0 atom stereocenters. The summed E-state index contributed by atoms with van der Waals surface area (Å²) in [6.45, 7) is 0.518. The van der Waals surface area contributed by atoms with E-state index in [1.54, 1.807) is 6.07 Å². The van der Waals surface area contributed by atoms with Crippen LogP contribution in [0.25, 0.3) is 0 Å². The second-order valence-electron chi connectivity index (χ2n) is 6.54. The molecule has 1 aliphatic rings. The molecule has 3 N–H and O–H groups in total. The molecule has 1 aromatic rings. The Labute approximate surface area is 145 Å². The minimum absolute atomic E-state index is 0.000425. The predicted molar refractivity (Wildman–Crippen MR) is 90.2 cm³/mol. The molecule has 0 aromatic heterocycles. The molecular weight excluding hydrogens is 333 g/mol. The van der Waals surface area contributed by atoms with Crippen LogP contribution < -0.4 is 10.6 Å². The summed E-state index contributed by atoms with van der Waals surface area (Å²) in [7, 11) is 0. The van der Waals surface area contributed by atoms with Gasteiger partial charge in [-0.3, -0.25) is 4.79 Å². The molecule has 0 aliphatic heterocycles. The quantitative estimate of drug-likeness (QED) is 0.651. The molecule has 1 amide bonds. The maximum absolute atomic E-state index is 12.6. The topological polar surface area (TPSA) is 61.4 Å². The molecule has 0 bridgehead atoms. The summed E-state index contributed by atoms with van der Waals surface area (Å²) in [5.41, 5.74) is -0.241. The van der Waals surface area contributed by atoms with Crippen molar-refractivity contribution in [1.82, 2.24) is 5.32 Å². The average molecular weight is 358 g/mol. The average Bonchev–Trinajstić information content (AvgIpc) is 2.56. The molecule has 7 heteroatoms. The molecule has 2 rings (SSSR count). The molecule has 25 heavy (non-hydrogen) atoms. The van der Waals surface area contributed by atoms with Gasteiger partial charge in [-0.2, -0.15) is 13.2 Å². The molecule has 0 radical (unpaired) electrons. The largest absolute Gasteiger partial charge is 0.416 e. The summed E-state index contributed by atoms with van der Waals surface area (Å²) < 4.78 is 37.9. The van der Waals surface area contributed by atoms with Crippen molar-refractivity contribution in [3.63, 3.8) is 0 Å². The lowest BCUT2D eigenvalue weighted by atomic mass is 9.93. The normalized spacial score (nSPS) is 21.0. The van der Waals surface area contributed by atoms with Crippen molar-refractivity contribution in [3.8, 4) is 0 Å². The van der Waals surface area contributed by atoms with Gasteiger partial charge in [-0.1, -0.05) is 6.07 Å². The number of nitrogens with one attached hydrogen (secondary N) is 2. The number of anilines is 1. The molecule has 1 fully saturated rings. The van der Waals surface area contributed by atoms with Crippen LogP contribution in [0.3, 0.4) is 0 Å². The Morgan fingerprint density at radius 3 is 2.56 bits per heavy atom. The van der Waals surface area contributed by atoms with Gasteiger partial charge in [0, 0.05) is 24.7 Å². The van der Waals surface area contributed by atoms with Gasteiger partial charge in [0.15, 0.2) is 0 Å². The molecule has 140 valence electrons. The number of alkyl halides is 3. The Morgan fingerprint density at radius 2 is 1.88 bits per heavy atom. The van der Waals surface area contributed by atoms with Crippen molar-refractivity contribution in [2.75, 3.05) is 11.9 Å². The first-order valence-electron chi connectivity index (χ1n) is 8.73. The first-order valence-corrected chi connectivity index (χ1v) is 8.73. The number of carbonyl (C=O) groups excluding carboxylic acids is 1. The van der Waals surface area contributed by atoms with Crippen LogP contribution in [0, 0.1) is 0 Å². The van der Waals surface area contributed by atoms with Gasteiger partial charge in [0.25, 0.3) is 0 Å². The Kier molecular flexibility index (Phi) is 7.11. The number of benzene rings is 1. The van der Waals surface area contributed by atoms with E-state index in [2.05, 4.69) is 10.6 Å². The highest BCUT2D eigenvalue weighted by Gasteiger charge is 2.30. The molecule has 0 heterocycles. The van der Waals surface area contributed by atoms with Gasteiger partial charge in [-0.25, -0.2) is 0 Å². The third-order valence-electron chi connectivity index (χ3n) is 4.41. The van der Waals surface area contributed by atoms with Crippen LogP contribution >= 0.6 is 0 Å². The van der Waals surface area contributed by atoms with Crippen molar-refractivity contribution < 1.29 is 23.1 Å². The highest BCUT2D eigenvalue weighted by molar-refractivity contribution is 5.76. The zero-order chi connectivity index (χ0) is 18.3. The number of carbonyl (C=O) groups is 1. The minimum Gasteiger partial charge on any atom is -0.393 e. The number of hydrogen-bond donors (Lipinski definition) is 3. The van der Waals surface area contributed by atoms with E-state index in [1.807, 2.05) is 0 Å². The molecule has 1 aromatic carbocycles. The van der Waals surface area contributed by atoms with Crippen LogP contribution in [0.2, 0.25) is 0 Å². The highest BCUT2D eigenvalue weighted by atomic mass is 19.4. The van der Waals surface area contributed by atoms with E-state index in [4.69, 9.17) is 0 Å². The van der Waals surface area contributed by atoms with Crippen molar-refractivity contribution in [2.45, 2.75) is 63.3 Å². The summed E-state index contributed by atoms with van der Waals surface area (Å²) in [5, 5.41) is 15.4. The van der Waals surface area contributed by atoms with E-state index in [1.165, 1.54) is 6.07 Å². The molecule has 0 spiro atoms. The predicted octanol–water partition coefficient (Wildman–Crippen LogP) is 3.71. The van der Waals surface area contributed by atoms with Gasteiger partial charge in [-0.15, -0.1) is 0 Å². The fourth-order valence-corrected chi connectivity index (χ4v) is 2.97. The van der Waals surface area contributed by atoms with Gasteiger partial charge in [0.1, 0.15) is 0 Å². The van der Waals surface area contributed by atoms with E-state index >= 15 is 0 Å². The van der Waals surface area contributed by atoms with Crippen LogP contribution in [-0.2, 0) is 11.0 Å². The van der Waals surface area contributed by atoms with Gasteiger partial charge in [0.2, 0.25) is 5.91 Å². The highest BCUT2D eigenvalue weighted by Crippen LogP contribution is 2.30. The van der Waals surface area contributed by atoms with Gasteiger partial charge >= 0.3 is 6.18 Å². The molecule has 1 aliphatic carbocycles. The molecule has 1 saturated carbocycles. The zero-order valence-electron chi connectivity index (χ0n) is 14.1. The van der Waals surface area contributed by atoms with Crippen molar-refractivity contribution >= 4 is 11.6 Å². The first-order chi connectivity index (χ1) is 11.8. The summed E-state index contributed by atoms with van der Waals surface area (Å²) in [6.07, 6.45) is 0.273. The summed E-state index contributed by atoms with van der Waals surface area (Å²) in [5.74, 6) is 0.000425. The number of halogens is 3. The van der Waals surface area contributed by atoms with Crippen LogP contribution in [0.1, 0.15) is 50.5 Å². The lowest BCUT2D eigenvalue weighted by Gasteiger charge is -2.26. The summed E-state index contributed by atoms with van der Waals surface area (Å²) >= 11 is 0. The SMILES string of the molecule is O=C(CCCCNc1cccc(C(F)(F)F)c1)NC1CCC(O)CC1. The number of amides is 1. The third kappa shape index (κ3) is 6.94. The van der Waals surface area contributed by atoms with E-state index in [0.29, 0.717) is 31.5 Å². The Bertz CT molecular complexity index is 555. The number of aliphatic hydroxyl groups excluding tert-OH is 1. The zero-order valence-corrected chi connectivity index (χ0v) is 14.1. The molecule has 0 unspecified atom stereocenters. The molecule has 4 nitrogen and oxygen atoms in total. The summed E-state index contributed by atoms with van der Waals surface area (Å²) in [4.78, 5) is 11.9. The smallest absolute Gasteiger partial charge is 0.393 e. The fourth-order valence-electron chi connectivity index (χ4n) is 2.97. The lowest BCUT2D eigenvalue weighted by molar-refractivity contribution is -0.137. The number of hydrogen-bond acceptors (Lipinski definition) is 3. The second kappa shape index (κ2) is 9.08. The van der Waals surface area contributed by atoms with E-state index in [9.17, 15) is 23.1 Å². The van der Waals surface area contributed by atoms with Crippen LogP contribution in [0.15, 0.2) is 24.3 Å². The monoisotopic (exact) mass is 358 g/mol. The van der Waals surface area contributed by atoms with Crippen molar-refractivity contribution in [2.24, 2.45) is 0 Å². The van der Waals surface area contributed by atoms with Crippen molar-refractivity contribution in [3.05, 3.63) is 29.8 Å². The van der Waals surface area contributed by atoms with Gasteiger partial charge in [0.05, 0.1) is 11.7 Å². The number of unbranched alkanes of at least 4 members (excludes halogenated alkanes) is 1. The Morgan fingerprint density at radius 1 is 1.16 bits per heavy atom. The Balaban J connectivity index is 1.61. The second-order valence-corrected chi connectivity index (χ2v) is 6.54. The number of aliphatic hydroxyl groups is 1. The molecular formula is C18H25F3N2O2. The van der Waals surface area contributed by atoms with Gasteiger partial charge < -0.3 is 15.7 Å². The first kappa shape index (κ1) is 19.6. The van der Waals surface area contributed by atoms with E-state index in [0.717, 1.165) is 37.8 Å². The molecule has 0 saturated heterocycles. The Hall–Kier alpha value is -1.76. The minimum atomic E-state index is -4.34. The van der Waals surface area contributed by atoms with Crippen molar-refractivity contribution in [1.29, 1.82) is 0 Å². The standard InChI is InChI=1S/C18H25F3N2O2/c19-18(20,21)13-4-3-5-15(12-13)22-11-2-1-6-17(25)23-14-7-9-16(24)10-8-14/h3-5,12,14,16,22,24H,1-2,6-11H2,(H,23,25).